The molecule has 5 nitrogen and oxygen atoms in total. The first-order valence-electron chi connectivity index (χ1n) is 5.41. The van der Waals surface area contributed by atoms with Gasteiger partial charge in [-0.2, -0.15) is 0 Å². The van der Waals surface area contributed by atoms with Gasteiger partial charge in [-0.05, 0) is 24.6 Å². The predicted molar refractivity (Wildman–Crippen MR) is 62.5 cm³/mol. The summed E-state index contributed by atoms with van der Waals surface area (Å²) in [6, 6.07) is 3.99. The topological polar surface area (TPSA) is 74.7 Å². The van der Waals surface area contributed by atoms with Crippen molar-refractivity contribution < 1.29 is 19.5 Å². The van der Waals surface area contributed by atoms with Gasteiger partial charge >= 0.3 is 5.97 Å². The summed E-state index contributed by atoms with van der Waals surface area (Å²) in [7, 11) is 0. The molecule has 3 rings (SSSR count). The number of carboxylic acid groups (broad SMARTS) is 1. The number of rotatable bonds is 2. The Balaban J connectivity index is 2.04. The van der Waals surface area contributed by atoms with Gasteiger partial charge < -0.3 is 5.11 Å². The van der Waals surface area contributed by atoms with Crippen molar-refractivity contribution in [3.8, 4) is 0 Å². The normalized spacial score (nSPS) is 25.3. The Kier molecular flexibility index (Phi) is 2.22. The number of carbonyl (C=O) groups is 3. The highest BCUT2D eigenvalue weighted by atomic mass is 35.5. The summed E-state index contributed by atoms with van der Waals surface area (Å²) in [6.07, 6.45) is 0.612. The molecule has 0 spiro atoms. The maximum Gasteiger partial charge on any atom is 0.335 e. The van der Waals surface area contributed by atoms with E-state index in [0.29, 0.717) is 6.42 Å². The number of piperidine rings is 1. The molecule has 1 N–H and O–H groups in total. The van der Waals surface area contributed by atoms with Crippen LogP contribution in [-0.2, 0) is 9.59 Å². The number of hydrogen-bond acceptors (Lipinski definition) is 3. The lowest BCUT2D eigenvalue weighted by Gasteiger charge is -2.17. The Morgan fingerprint density at radius 3 is 2.39 bits per heavy atom. The Morgan fingerprint density at radius 1 is 1.22 bits per heavy atom. The van der Waals surface area contributed by atoms with Crippen LogP contribution in [0, 0.1) is 11.8 Å². The van der Waals surface area contributed by atoms with Crippen LogP contribution in [0.5, 0.6) is 0 Å². The molecule has 1 heterocycles. The van der Waals surface area contributed by atoms with Crippen LogP contribution < -0.4 is 4.90 Å². The fourth-order valence-electron chi connectivity index (χ4n) is 2.26. The molecule has 92 valence electrons. The molecule has 2 unspecified atom stereocenters. The summed E-state index contributed by atoms with van der Waals surface area (Å²) in [5.74, 6) is -2.11. The van der Waals surface area contributed by atoms with E-state index in [1.54, 1.807) is 0 Å². The van der Waals surface area contributed by atoms with E-state index in [1.807, 2.05) is 0 Å². The van der Waals surface area contributed by atoms with E-state index in [-0.39, 0.29) is 39.9 Å². The highest BCUT2D eigenvalue weighted by molar-refractivity contribution is 6.32. The minimum absolute atomic E-state index is 0.0429. The van der Waals surface area contributed by atoms with Gasteiger partial charge in [-0.3, -0.25) is 9.59 Å². The van der Waals surface area contributed by atoms with Gasteiger partial charge in [-0.1, -0.05) is 11.6 Å². The van der Waals surface area contributed by atoms with E-state index in [2.05, 4.69) is 0 Å². The first-order chi connectivity index (χ1) is 8.49. The third-order valence-corrected chi connectivity index (χ3v) is 3.47. The summed E-state index contributed by atoms with van der Waals surface area (Å²) in [4.78, 5) is 35.7. The number of aromatic carboxylic acids is 1. The number of benzene rings is 1. The van der Waals surface area contributed by atoms with Crippen molar-refractivity contribution >= 4 is 35.1 Å². The molecule has 0 aromatic heterocycles. The standard InChI is InChI=1S/C12H8ClNO4/c13-6-1-5(12(17)18)2-7(3-6)14-10(15)8-4-9(8)11(14)16/h1-3,8-9H,4H2,(H,17,18). The molecule has 1 aliphatic heterocycles. The van der Waals surface area contributed by atoms with Crippen LogP contribution >= 0.6 is 11.6 Å². The van der Waals surface area contributed by atoms with Crippen molar-refractivity contribution in [2.45, 2.75) is 6.42 Å². The van der Waals surface area contributed by atoms with E-state index >= 15 is 0 Å². The van der Waals surface area contributed by atoms with Gasteiger partial charge in [0.15, 0.2) is 0 Å². The van der Waals surface area contributed by atoms with Crippen LogP contribution in [0.15, 0.2) is 18.2 Å². The number of carbonyl (C=O) groups excluding carboxylic acids is 2. The lowest BCUT2D eigenvalue weighted by Crippen LogP contribution is -2.32. The second-order valence-electron chi connectivity index (χ2n) is 4.46. The maximum atomic E-state index is 11.9. The predicted octanol–water partition coefficient (Wildman–Crippen LogP) is 1.55. The van der Waals surface area contributed by atoms with E-state index < -0.39 is 5.97 Å². The lowest BCUT2D eigenvalue weighted by molar-refractivity contribution is -0.123. The molecular formula is C12H8ClNO4. The van der Waals surface area contributed by atoms with Gasteiger partial charge in [0.1, 0.15) is 0 Å². The SMILES string of the molecule is O=C(O)c1cc(Cl)cc(N2C(=O)C3CC3C2=O)c1. The van der Waals surface area contributed by atoms with Gasteiger partial charge in [-0.25, -0.2) is 9.69 Å². The molecular weight excluding hydrogens is 258 g/mol. The smallest absolute Gasteiger partial charge is 0.335 e. The van der Waals surface area contributed by atoms with Gasteiger partial charge in [-0.15, -0.1) is 0 Å². The zero-order valence-electron chi connectivity index (χ0n) is 9.09. The van der Waals surface area contributed by atoms with Gasteiger partial charge in [0.25, 0.3) is 0 Å². The zero-order valence-corrected chi connectivity index (χ0v) is 9.85. The van der Waals surface area contributed by atoms with Crippen molar-refractivity contribution in [1.82, 2.24) is 0 Å². The Morgan fingerprint density at radius 2 is 1.83 bits per heavy atom. The molecule has 0 radical (unpaired) electrons. The van der Waals surface area contributed by atoms with Crippen molar-refractivity contribution in [1.29, 1.82) is 0 Å². The minimum Gasteiger partial charge on any atom is -0.478 e. The van der Waals surface area contributed by atoms with Crippen molar-refractivity contribution in [3.05, 3.63) is 28.8 Å². The zero-order chi connectivity index (χ0) is 13.0. The van der Waals surface area contributed by atoms with E-state index in [0.717, 1.165) is 4.90 Å². The molecule has 1 saturated heterocycles. The molecule has 1 aromatic rings. The second kappa shape index (κ2) is 3.55. The van der Waals surface area contributed by atoms with Crippen molar-refractivity contribution in [3.63, 3.8) is 0 Å². The third-order valence-electron chi connectivity index (χ3n) is 3.25. The highest BCUT2D eigenvalue weighted by Gasteiger charge is 2.59. The number of anilines is 1. The molecule has 2 amide bonds. The number of amides is 2. The van der Waals surface area contributed by atoms with Crippen LogP contribution in [0.25, 0.3) is 0 Å². The third kappa shape index (κ3) is 1.51. The molecule has 1 aliphatic carbocycles. The molecule has 0 bridgehead atoms. The number of fused-ring (bicyclic) bond motifs is 1. The minimum atomic E-state index is -1.15. The Labute approximate surface area is 107 Å². The number of carboxylic acids is 1. The fourth-order valence-corrected chi connectivity index (χ4v) is 2.49. The molecule has 18 heavy (non-hydrogen) atoms. The Hall–Kier alpha value is -1.88. The Bertz CT molecular complexity index is 578. The van der Waals surface area contributed by atoms with Crippen LogP contribution in [0.3, 0.4) is 0 Å². The molecule has 6 heteroatoms. The van der Waals surface area contributed by atoms with Crippen molar-refractivity contribution in [2.75, 3.05) is 4.90 Å². The maximum absolute atomic E-state index is 11.9. The van der Waals surface area contributed by atoms with E-state index in [1.165, 1.54) is 18.2 Å². The van der Waals surface area contributed by atoms with E-state index in [4.69, 9.17) is 16.7 Å². The van der Waals surface area contributed by atoms with Gasteiger partial charge in [0, 0.05) is 5.02 Å². The van der Waals surface area contributed by atoms with E-state index in [9.17, 15) is 14.4 Å². The number of hydrogen-bond donors (Lipinski definition) is 1. The molecule has 2 aliphatic rings. The van der Waals surface area contributed by atoms with Crippen LogP contribution in [-0.4, -0.2) is 22.9 Å². The monoisotopic (exact) mass is 265 g/mol. The quantitative estimate of drug-likeness (QED) is 0.823. The number of imide groups is 1. The second-order valence-corrected chi connectivity index (χ2v) is 4.90. The first kappa shape index (κ1) is 11.2. The summed E-state index contributed by atoms with van der Waals surface area (Å²) < 4.78 is 0. The molecule has 2 fully saturated rings. The largest absolute Gasteiger partial charge is 0.478 e. The fraction of sp³-hybridized carbons (Fsp3) is 0.250. The summed E-state index contributed by atoms with van der Waals surface area (Å²) >= 11 is 5.80. The number of halogens is 1. The van der Waals surface area contributed by atoms with Crippen LogP contribution in [0.2, 0.25) is 5.02 Å². The van der Waals surface area contributed by atoms with Crippen LogP contribution in [0.4, 0.5) is 5.69 Å². The lowest BCUT2D eigenvalue weighted by atomic mass is 10.2. The molecule has 1 saturated carbocycles. The number of nitrogens with zero attached hydrogens (tertiary/aromatic N) is 1. The average Bonchev–Trinajstić information content (AvgIpc) is 3.03. The summed E-state index contributed by atoms with van der Waals surface area (Å²) in [5.41, 5.74) is 0.195. The summed E-state index contributed by atoms with van der Waals surface area (Å²) in [6.45, 7) is 0. The van der Waals surface area contributed by atoms with Crippen LogP contribution in [0.1, 0.15) is 16.8 Å². The molecule has 2 atom stereocenters. The first-order valence-corrected chi connectivity index (χ1v) is 5.78. The van der Waals surface area contributed by atoms with Gasteiger partial charge in [0.05, 0.1) is 23.1 Å². The summed E-state index contributed by atoms with van der Waals surface area (Å²) in [5, 5.41) is 9.11. The molecule has 1 aromatic carbocycles. The van der Waals surface area contributed by atoms with Gasteiger partial charge in [0.2, 0.25) is 11.8 Å². The average molecular weight is 266 g/mol. The highest BCUT2D eigenvalue weighted by Crippen LogP contribution is 2.48. The van der Waals surface area contributed by atoms with Crippen molar-refractivity contribution in [2.24, 2.45) is 11.8 Å².